The largest absolute Gasteiger partial charge is 0.435 e. The molecule has 0 aromatic carbocycles. The minimum Gasteiger partial charge on any atom is -0.338 e. The summed E-state index contributed by atoms with van der Waals surface area (Å²) in [4.78, 5) is 18.0. The maximum Gasteiger partial charge on any atom is 0.435 e. The molecule has 1 aliphatic rings. The summed E-state index contributed by atoms with van der Waals surface area (Å²) in [7, 11) is 0. The van der Waals surface area contributed by atoms with Crippen molar-refractivity contribution in [3.8, 4) is 0 Å². The van der Waals surface area contributed by atoms with Crippen LogP contribution in [0.5, 0.6) is 0 Å². The van der Waals surface area contributed by atoms with E-state index in [1.165, 1.54) is 0 Å². The zero-order valence-electron chi connectivity index (χ0n) is 13.8. The first kappa shape index (κ1) is 17.6. The normalized spacial score (nSPS) is 16.4. The van der Waals surface area contributed by atoms with E-state index in [0.717, 1.165) is 10.7 Å². The molecule has 136 valence electrons. The van der Waals surface area contributed by atoms with Crippen LogP contribution < -0.4 is 5.56 Å². The van der Waals surface area contributed by atoms with E-state index < -0.39 is 17.4 Å². The maximum absolute atomic E-state index is 12.7. The van der Waals surface area contributed by atoms with Crippen molar-refractivity contribution in [3.05, 3.63) is 39.9 Å². The van der Waals surface area contributed by atoms with Gasteiger partial charge in [0.15, 0.2) is 11.5 Å². The Kier molecular flexibility index (Phi) is 4.63. The molecule has 1 aliphatic heterocycles. The Bertz CT molecular complexity index is 793. The lowest BCUT2D eigenvalue weighted by Crippen LogP contribution is -2.49. The van der Waals surface area contributed by atoms with Crippen LogP contribution in [0.2, 0.25) is 0 Å². The van der Waals surface area contributed by atoms with Crippen LogP contribution in [0.3, 0.4) is 0 Å². The lowest BCUT2D eigenvalue weighted by Gasteiger charge is -2.38. The van der Waals surface area contributed by atoms with E-state index in [1.54, 1.807) is 0 Å². The van der Waals surface area contributed by atoms with Crippen molar-refractivity contribution in [2.24, 2.45) is 5.92 Å². The van der Waals surface area contributed by atoms with E-state index in [4.69, 9.17) is 4.52 Å². The third kappa shape index (κ3) is 4.06. The third-order valence-electron chi connectivity index (χ3n) is 3.98. The summed E-state index contributed by atoms with van der Waals surface area (Å²) in [5, 5.41) is 7.30. The summed E-state index contributed by atoms with van der Waals surface area (Å²) in [6.45, 7) is 5.83. The average molecular weight is 357 g/mol. The van der Waals surface area contributed by atoms with E-state index >= 15 is 0 Å². The summed E-state index contributed by atoms with van der Waals surface area (Å²) in [6.07, 6.45) is -4.56. The molecule has 0 spiro atoms. The highest BCUT2D eigenvalue weighted by Crippen LogP contribution is 2.26. The summed E-state index contributed by atoms with van der Waals surface area (Å²) < 4.78 is 44.1. The molecule has 0 bridgehead atoms. The molecule has 3 rings (SSSR count). The number of hydrogen-bond acceptors (Lipinski definition) is 6. The smallest absolute Gasteiger partial charge is 0.338 e. The monoisotopic (exact) mass is 357 g/mol. The number of likely N-dealkylation sites (tertiary alicyclic amines) is 1. The fourth-order valence-electron chi connectivity index (χ4n) is 2.65. The molecule has 1 fully saturated rings. The van der Waals surface area contributed by atoms with Crippen LogP contribution in [0.1, 0.15) is 37.2 Å². The fraction of sp³-hybridized carbons (Fsp3) is 0.600. The van der Waals surface area contributed by atoms with Crippen molar-refractivity contribution in [1.82, 2.24) is 24.8 Å². The average Bonchev–Trinajstić information content (AvgIpc) is 2.94. The van der Waals surface area contributed by atoms with E-state index in [9.17, 15) is 18.0 Å². The molecule has 0 N–H and O–H groups in total. The van der Waals surface area contributed by atoms with Gasteiger partial charge < -0.3 is 4.52 Å². The van der Waals surface area contributed by atoms with Crippen molar-refractivity contribution in [2.45, 2.75) is 39.0 Å². The molecule has 2 aromatic heterocycles. The molecule has 0 radical (unpaired) electrons. The summed E-state index contributed by atoms with van der Waals surface area (Å²) >= 11 is 0. The van der Waals surface area contributed by atoms with E-state index in [0.29, 0.717) is 37.4 Å². The number of halogens is 3. The Labute approximate surface area is 141 Å². The summed E-state index contributed by atoms with van der Waals surface area (Å²) in [5.41, 5.74) is -1.60. The van der Waals surface area contributed by atoms with Crippen molar-refractivity contribution in [2.75, 3.05) is 13.1 Å². The van der Waals surface area contributed by atoms with E-state index in [1.807, 2.05) is 18.7 Å². The number of rotatable bonds is 5. The standard InChI is InChI=1S/C15H18F3N5O2/c1-9(2)14-19-12(25-21-14)8-22-5-10(6-22)7-23-13(24)4-3-11(20-23)15(16,17)18/h3-4,9-10H,5-8H2,1-2H3. The first-order valence-corrected chi connectivity index (χ1v) is 7.92. The van der Waals surface area contributed by atoms with Crippen molar-refractivity contribution < 1.29 is 17.7 Å². The Morgan fingerprint density at radius 2 is 2.04 bits per heavy atom. The summed E-state index contributed by atoms with van der Waals surface area (Å²) in [6, 6.07) is 1.60. The van der Waals surface area contributed by atoms with Gasteiger partial charge in [-0.05, 0) is 6.07 Å². The number of nitrogens with zero attached hydrogens (tertiary/aromatic N) is 5. The van der Waals surface area contributed by atoms with Crippen molar-refractivity contribution >= 4 is 0 Å². The van der Waals surface area contributed by atoms with Gasteiger partial charge in [0.2, 0.25) is 5.89 Å². The van der Waals surface area contributed by atoms with Crippen LogP contribution in [-0.4, -0.2) is 37.9 Å². The van der Waals surface area contributed by atoms with Gasteiger partial charge in [-0.3, -0.25) is 9.69 Å². The Hall–Kier alpha value is -2.23. The van der Waals surface area contributed by atoms with Crippen molar-refractivity contribution in [3.63, 3.8) is 0 Å². The summed E-state index contributed by atoms with van der Waals surface area (Å²) in [5.74, 6) is 1.39. The number of aromatic nitrogens is 4. The van der Waals surface area contributed by atoms with Gasteiger partial charge in [0.05, 0.1) is 13.1 Å². The van der Waals surface area contributed by atoms with Crippen LogP contribution >= 0.6 is 0 Å². The molecule has 0 unspecified atom stereocenters. The molecule has 7 nitrogen and oxygen atoms in total. The van der Waals surface area contributed by atoms with Crippen LogP contribution in [0, 0.1) is 5.92 Å². The zero-order chi connectivity index (χ0) is 18.2. The third-order valence-corrected chi connectivity index (χ3v) is 3.98. The second-order valence-electron chi connectivity index (χ2n) is 6.50. The van der Waals surface area contributed by atoms with Gasteiger partial charge in [-0.15, -0.1) is 0 Å². The Morgan fingerprint density at radius 3 is 2.64 bits per heavy atom. The lowest BCUT2D eigenvalue weighted by atomic mass is 10.0. The molecule has 3 heterocycles. The minimum atomic E-state index is -4.56. The topological polar surface area (TPSA) is 77.0 Å². The van der Waals surface area contributed by atoms with Gasteiger partial charge in [-0.2, -0.15) is 23.3 Å². The molecule has 25 heavy (non-hydrogen) atoms. The van der Waals surface area contributed by atoms with Gasteiger partial charge in [0.25, 0.3) is 5.56 Å². The van der Waals surface area contributed by atoms with Crippen LogP contribution in [0.4, 0.5) is 13.2 Å². The minimum absolute atomic E-state index is 0.0566. The van der Waals surface area contributed by atoms with Gasteiger partial charge in [-0.1, -0.05) is 19.0 Å². The van der Waals surface area contributed by atoms with Gasteiger partial charge >= 0.3 is 6.18 Å². The second kappa shape index (κ2) is 6.58. The van der Waals surface area contributed by atoms with Gasteiger partial charge in [0.1, 0.15) is 0 Å². The van der Waals surface area contributed by atoms with Crippen molar-refractivity contribution in [1.29, 1.82) is 0 Å². The van der Waals surface area contributed by atoms with Gasteiger partial charge in [-0.25, -0.2) is 4.68 Å². The molecule has 0 saturated carbocycles. The van der Waals surface area contributed by atoms with Crippen LogP contribution in [-0.2, 0) is 19.3 Å². The predicted octanol–water partition coefficient (Wildman–Crippen LogP) is 1.90. The number of hydrogen-bond donors (Lipinski definition) is 0. The molecule has 0 aliphatic carbocycles. The first-order valence-electron chi connectivity index (χ1n) is 7.92. The highest BCUT2D eigenvalue weighted by Gasteiger charge is 2.34. The molecule has 0 amide bonds. The highest BCUT2D eigenvalue weighted by molar-refractivity contribution is 5.04. The zero-order valence-corrected chi connectivity index (χ0v) is 13.8. The lowest BCUT2D eigenvalue weighted by molar-refractivity contribution is -0.142. The molecular formula is C15H18F3N5O2. The van der Waals surface area contributed by atoms with Crippen LogP contribution in [0.15, 0.2) is 21.5 Å². The Balaban J connectivity index is 1.56. The Morgan fingerprint density at radius 1 is 1.32 bits per heavy atom. The molecular weight excluding hydrogens is 339 g/mol. The highest BCUT2D eigenvalue weighted by atomic mass is 19.4. The number of alkyl halides is 3. The predicted molar refractivity (Wildman–Crippen MR) is 80.7 cm³/mol. The van der Waals surface area contributed by atoms with Crippen LogP contribution in [0.25, 0.3) is 0 Å². The van der Waals surface area contributed by atoms with E-state index in [-0.39, 0.29) is 18.4 Å². The molecule has 0 atom stereocenters. The van der Waals surface area contributed by atoms with Gasteiger partial charge in [0, 0.05) is 31.0 Å². The SMILES string of the molecule is CC(C)c1noc(CN2CC(Cn3nc(C(F)(F)F)ccc3=O)C2)n1. The maximum atomic E-state index is 12.7. The first-order chi connectivity index (χ1) is 11.7. The fourth-order valence-corrected chi connectivity index (χ4v) is 2.65. The quantitative estimate of drug-likeness (QED) is 0.813. The van der Waals surface area contributed by atoms with E-state index in [2.05, 4.69) is 15.2 Å². The molecule has 2 aromatic rings. The second-order valence-corrected chi connectivity index (χ2v) is 6.50. The molecule has 1 saturated heterocycles. The molecule has 10 heteroatoms.